The van der Waals surface area contributed by atoms with E-state index in [9.17, 15) is 5.11 Å². The zero-order valence-corrected chi connectivity index (χ0v) is 15.1. The summed E-state index contributed by atoms with van der Waals surface area (Å²) in [7, 11) is 3.54. The minimum Gasteiger partial charge on any atom is -0.497 e. The van der Waals surface area contributed by atoms with E-state index in [2.05, 4.69) is 9.97 Å². The van der Waals surface area contributed by atoms with Crippen molar-refractivity contribution in [2.24, 2.45) is 5.92 Å². The molecule has 1 aliphatic carbocycles. The van der Waals surface area contributed by atoms with Crippen molar-refractivity contribution in [3.05, 3.63) is 41.3 Å². The van der Waals surface area contributed by atoms with Crippen LogP contribution in [0.5, 0.6) is 11.5 Å². The Morgan fingerprint density at radius 3 is 2.64 bits per heavy atom. The molecule has 1 fully saturated rings. The summed E-state index contributed by atoms with van der Waals surface area (Å²) in [6, 6.07) is 7.67. The Hall–Kier alpha value is -2.05. The Morgan fingerprint density at radius 2 is 2.04 bits per heavy atom. The fourth-order valence-electron chi connectivity index (χ4n) is 2.80. The van der Waals surface area contributed by atoms with Gasteiger partial charge in [0.15, 0.2) is 11.6 Å². The van der Waals surface area contributed by atoms with E-state index in [0.29, 0.717) is 24.1 Å². The smallest absolute Gasteiger partial charge is 0.224 e. The predicted octanol–water partition coefficient (Wildman–Crippen LogP) is 2.92. The maximum atomic E-state index is 9.71. The Kier molecular flexibility index (Phi) is 5.60. The monoisotopic (exact) mass is 363 g/mol. The fraction of sp³-hybridized carbons (Fsp3) is 0.444. The number of benzene rings is 1. The van der Waals surface area contributed by atoms with Crippen molar-refractivity contribution >= 4 is 17.4 Å². The molecule has 0 spiro atoms. The molecule has 0 aliphatic heterocycles. The third-order valence-electron chi connectivity index (χ3n) is 4.45. The molecule has 1 atom stereocenters. The largest absolute Gasteiger partial charge is 0.497 e. The number of rotatable bonds is 8. The van der Waals surface area contributed by atoms with Crippen LogP contribution in [0.4, 0.5) is 5.82 Å². The van der Waals surface area contributed by atoms with E-state index in [1.807, 2.05) is 36.2 Å². The van der Waals surface area contributed by atoms with Gasteiger partial charge in [-0.1, -0.05) is 12.1 Å². The molecule has 1 aliphatic rings. The van der Waals surface area contributed by atoms with E-state index in [0.717, 1.165) is 24.2 Å². The van der Waals surface area contributed by atoms with Crippen molar-refractivity contribution in [2.75, 3.05) is 25.7 Å². The second-order valence-electron chi connectivity index (χ2n) is 6.16. The van der Waals surface area contributed by atoms with Gasteiger partial charge in [-0.3, -0.25) is 0 Å². The first kappa shape index (κ1) is 17.8. The topological polar surface area (TPSA) is 67.7 Å². The standard InChI is InChI=1S/C18H22ClN3O3/c1-22(15(10-23)13-5-6-13)17-16(9-20-18(19)21-17)25-11-12-3-7-14(24-2)8-4-12/h3-4,7-9,13,15,23H,5-6,10-11H2,1-2H3/t15-/m1/s1. The molecule has 134 valence electrons. The lowest BCUT2D eigenvalue weighted by atomic mass is 10.1. The van der Waals surface area contributed by atoms with Gasteiger partial charge in [0.2, 0.25) is 5.28 Å². The van der Waals surface area contributed by atoms with Gasteiger partial charge in [-0.05, 0) is 48.1 Å². The average molecular weight is 364 g/mol. The van der Waals surface area contributed by atoms with Crippen molar-refractivity contribution < 1.29 is 14.6 Å². The zero-order valence-electron chi connectivity index (χ0n) is 14.4. The van der Waals surface area contributed by atoms with Gasteiger partial charge in [0.05, 0.1) is 26.0 Å². The van der Waals surface area contributed by atoms with Crippen LogP contribution in [0.15, 0.2) is 30.5 Å². The number of aromatic nitrogens is 2. The van der Waals surface area contributed by atoms with Crippen LogP contribution in [0.25, 0.3) is 0 Å². The number of nitrogens with zero attached hydrogens (tertiary/aromatic N) is 3. The molecule has 0 unspecified atom stereocenters. The molecule has 1 aromatic carbocycles. The van der Waals surface area contributed by atoms with Gasteiger partial charge in [0.1, 0.15) is 12.4 Å². The highest BCUT2D eigenvalue weighted by Gasteiger charge is 2.35. The molecule has 1 aromatic heterocycles. The first-order valence-electron chi connectivity index (χ1n) is 8.24. The number of ether oxygens (including phenoxy) is 2. The highest BCUT2D eigenvalue weighted by molar-refractivity contribution is 6.28. The maximum absolute atomic E-state index is 9.71. The normalized spacial score (nSPS) is 14.9. The van der Waals surface area contributed by atoms with E-state index >= 15 is 0 Å². The first-order chi connectivity index (χ1) is 12.1. The maximum Gasteiger partial charge on any atom is 0.224 e. The minimum atomic E-state index is 0.00861. The summed E-state index contributed by atoms with van der Waals surface area (Å²) in [4.78, 5) is 10.3. The van der Waals surface area contributed by atoms with Gasteiger partial charge in [0, 0.05) is 7.05 Å². The second kappa shape index (κ2) is 7.89. The van der Waals surface area contributed by atoms with Crippen LogP contribution in [-0.4, -0.2) is 41.9 Å². The minimum absolute atomic E-state index is 0.00861. The molecule has 0 bridgehead atoms. The van der Waals surface area contributed by atoms with Crippen LogP contribution in [-0.2, 0) is 6.61 Å². The molecular formula is C18H22ClN3O3. The predicted molar refractivity (Wildman–Crippen MR) is 96.4 cm³/mol. The Labute approximate surface area is 152 Å². The van der Waals surface area contributed by atoms with Crippen LogP contribution in [0.1, 0.15) is 18.4 Å². The Morgan fingerprint density at radius 1 is 1.32 bits per heavy atom. The summed E-state index contributed by atoms with van der Waals surface area (Å²) in [5.41, 5.74) is 1.00. The summed E-state index contributed by atoms with van der Waals surface area (Å²) in [6.45, 7) is 0.448. The van der Waals surface area contributed by atoms with Gasteiger partial charge in [-0.15, -0.1) is 0 Å². The molecule has 0 radical (unpaired) electrons. The summed E-state index contributed by atoms with van der Waals surface area (Å²) in [5, 5.41) is 9.87. The second-order valence-corrected chi connectivity index (χ2v) is 6.50. The Bertz CT molecular complexity index is 707. The van der Waals surface area contributed by atoms with Crippen molar-refractivity contribution in [3.63, 3.8) is 0 Å². The lowest BCUT2D eigenvalue weighted by Gasteiger charge is -2.28. The summed E-state index contributed by atoms with van der Waals surface area (Å²) < 4.78 is 11.1. The molecule has 0 saturated heterocycles. The number of methoxy groups -OCH3 is 1. The van der Waals surface area contributed by atoms with E-state index in [1.165, 1.54) is 0 Å². The van der Waals surface area contributed by atoms with Crippen LogP contribution in [0, 0.1) is 5.92 Å². The number of aliphatic hydroxyl groups excluding tert-OH is 1. The lowest BCUT2D eigenvalue weighted by molar-refractivity contribution is 0.247. The van der Waals surface area contributed by atoms with E-state index in [4.69, 9.17) is 21.1 Å². The molecule has 1 N–H and O–H groups in total. The third-order valence-corrected chi connectivity index (χ3v) is 4.63. The molecule has 0 amide bonds. The van der Waals surface area contributed by atoms with E-state index < -0.39 is 0 Å². The van der Waals surface area contributed by atoms with E-state index in [-0.39, 0.29) is 17.9 Å². The third kappa shape index (κ3) is 4.32. The van der Waals surface area contributed by atoms with Crippen LogP contribution in [0.2, 0.25) is 5.28 Å². The quantitative estimate of drug-likeness (QED) is 0.727. The number of halogens is 1. The van der Waals surface area contributed by atoms with Crippen molar-refractivity contribution in [3.8, 4) is 11.5 Å². The van der Waals surface area contributed by atoms with Gasteiger partial charge in [-0.2, -0.15) is 4.98 Å². The lowest BCUT2D eigenvalue weighted by Crippen LogP contribution is -2.37. The van der Waals surface area contributed by atoms with Crippen molar-refractivity contribution in [1.29, 1.82) is 0 Å². The number of anilines is 1. The SMILES string of the molecule is COc1ccc(COc2cnc(Cl)nc2N(C)[C@H](CO)C2CC2)cc1. The number of hydrogen-bond donors (Lipinski definition) is 1. The number of aliphatic hydroxyl groups is 1. The number of likely N-dealkylation sites (N-methyl/N-ethyl adjacent to an activating group) is 1. The first-order valence-corrected chi connectivity index (χ1v) is 8.62. The van der Waals surface area contributed by atoms with Crippen molar-refractivity contribution in [1.82, 2.24) is 9.97 Å². The molecule has 2 aromatic rings. The van der Waals surface area contributed by atoms with Gasteiger partial charge in [0.25, 0.3) is 0 Å². The molecule has 25 heavy (non-hydrogen) atoms. The van der Waals surface area contributed by atoms with Crippen molar-refractivity contribution in [2.45, 2.75) is 25.5 Å². The fourth-order valence-corrected chi connectivity index (χ4v) is 2.93. The highest BCUT2D eigenvalue weighted by atomic mass is 35.5. The summed E-state index contributed by atoms with van der Waals surface area (Å²) in [5.74, 6) is 2.42. The van der Waals surface area contributed by atoms with Gasteiger partial charge >= 0.3 is 0 Å². The van der Waals surface area contributed by atoms with Gasteiger partial charge < -0.3 is 19.5 Å². The molecule has 1 heterocycles. The Balaban J connectivity index is 1.76. The number of hydrogen-bond acceptors (Lipinski definition) is 6. The molecule has 3 rings (SSSR count). The van der Waals surface area contributed by atoms with E-state index in [1.54, 1.807) is 13.3 Å². The van der Waals surface area contributed by atoms with Gasteiger partial charge in [-0.25, -0.2) is 4.98 Å². The zero-order chi connectivity index (χ0) is 17.8. The molecule has 7 heteroatoms. The van der Waals surface area contributed by atoms with Crippen LogP contribution in [0.3, 0.4) is 0 Å². The molecule has 6 nitrogen and oxygen atoms in total. The highest BCUT2D eigenvalue weighted by Crippen LogP contribution is 2.38. The molecule has 1 saturated carbocycles. The molecular weight excluding hydrogens is 342 g/mol. The summed E-state index contributed by atoms with van der Waals surface area (Å²) in [6.07, 6.45) is 3.82. The summed E-state index contributed by atoms with van der Waals surface area (Å²) >= 11 is 5.97. The van der Waals surface area contributed by atoms with Crippen LogP contribution < -0.4 is 14.4 Å². The average Bonchev–Trinajstić information content (AvgIpc) is 3.46. The van der Waals surface area contributed by atoms with Crippen LogP contribution >= 0.6 is 11.6 Å².